The van der Waals surface area contributed by atoms with Gasteiger partial charge in [-0.25, -0.2) is 0 Å². The van der Waals surface area contributed by atoms with Crippen LogP contribution in [0.25, 0.3) is 0 Å². The molecule has 2 atom stereocenters. The molecule has 19 heavy (non-hydrogen) atoms. The molecular weight excluding hydrogens is 240 g/mol. The molecule has 1 rings (SSSR count). The van der Waals surface area contributed by atoms with Gasteiger partial charge in [0.25, 0.3) is 0 Å². The molecule has 0 radical (unpaired) electrons. The third-order valence-corrected chi connectivity index (χ3v) is 3.50. The van der Waals surface area contributed by atoms with E-state index < -0.39 is 0 Å². The Morgan fingerprint density at radius 2 is 1.74 bits per heavy atom. The van der Waals surface area contributed by atoms with Gasteiger partial charge in [-0.2, -0.15) is 0 Å². The van der Waals surface area contributed by atoms with Crippen LogP contribution in [0.5, 0.6) is 5.75 Å². The number of ether oxygens (including phenoxy) is 2. The highest BCUT2D eigenvalue weighted by atomic mass is 16.5. The molecule has 3 heteroatoms. The average Bonchev–Trinajstić information content (AvgIpc) is 2.45. The van der Waals surface area contributed by atoms with Crippen LogP contribution in [0.15, 0.2) is 24.3 Å². The molecule has 0 bridgehead atoms. The van der Waals surface area contributed by atoms with Crippen molar-refractivity contribution in [3.63, 3.8) is 0 Å². The summed E-state index contributed by atoms with van der Waals surface area (Å²) in [5.74, 6) is 0.878. The number of methoxy groups -OCH3 is 1. The molecule has 3 nitrogen and oxygen atoms in total. The zero-order chi connectivity index (χ0) is 14.3. The maximum Gasteiger partial charge on any atom is 0.309 e. The molecule has 0 saturated heterocycles. The van der Waals surface area contributed by atoms with Gasteiger partial charge in [0.15, 0.2) is 0 Å². The summed E-state index contributed by atoms with van der Waals surface area (Å²) in [6, 6.07) is 7.95. The van der Waals surface area contributed by atoms with Crippen molar-refractivity contribution in [3.05, 3.63) is 29.8 Å². The standard InChI is InChI=1S/C16H24O3/c1-5-14(15(6-2)16(17)19-7-3)12-8-10-13(18-4)11-9-12/h8-11,14-15H,5-7H2,1-4H3. The molecule has 0 N–H and O–H groups in total. The van der Waals surface area contributed by atoms with E-state index >= 15 is 0 Å². The van der Waals surface area contributed by atoms with E-state index in [1.165, 1.54) is 5.56 Å². The van der Waals surface area contributed by atoms with Gasteiger partial charge in [0.1, 0.15) is 5.75 Å². The molecule has 0 aliphatic rings. The lowest BCUT2D eigenvalue weighted by molar-refractivity contribution is -0.149. The molecule has 1 aromatic rings. The molecule has 0 spiro atoms. The fraction of sp³-hybridized carbons (Fsp3) is 0.562. The first kappa shape index (κ1) is 15.5. The molecule has 0 amide bonds. The van der Waals surface area contributed by atoms with Crippen molar-refractivity contribution in [1.82, 2.24) is 0 Å². The van der Waals surface area contributed by atoms with Crippen molar-refractivity contribution in [2.24, 2.45) is 5.92 Å². The van der Waals surface area contributed by atoms with Crippen LogP contribution in [-0.2, 0) is 9.53 Å². The fourth-order valence-corrected chi connectivity index (χ4v) is 2.47. The first-order chi connectivity index (χ1) is 9.17. The highest BCUT2D eigenvalue weighted by molar-refractivity contribution is 5.73. The first-order valence-corrected chi connectivity index (χ1v) is 6.98. The predicted octanol–water partition coefficient (Wildman–Crippen LogP) is 3.78. The minimum atomic E-state index is -0.0901. The van der Waals surface area contributed by atoms with E-state index in [1.54, 1.807) is 7.11 Å². The second-order valence-corrected chi connectivity index (χ2v) is 4.55. The van der Waals surface area contributed by atoms with Crippen LogP contribution >= 0.6 is 0 Å². The summed E-state index contributed by atoms with van der Waals surface area (Å²) in [4.78, 5) is 12.0. The van der Waals surface area contributed by atoms with E-state index in [2.05, 4.69) is 6.92 Å². The Kier molecular flexibility index (Phi) is 6.40. The van der Waals surface area contributed by atoms with Gasteiger partial charge in [0.2, 0.25) is 0 Å². The van der Waals surface area contributed by atoms with E-state index in [9.17, 15) is 4.79 Å². The number of hydrogen-bond acceptors (Lipinski definition) is 3. The molecule has 0 heterocycles. The van der Waals surface area contributed by atoms with Crippen molar-refractivity contribution < 1.29 is 14.3 Å². The molecule has 1 aromatic carbocycles. The van der Waals surface area contributed by atoms with Gasteiger partial charge in [0.05, 0.1) is 19.6 Å². The fourth-order valence-electron chi connectivity index (χ4n) is 2.47. The lowest BCUT2D eigenvalue weighted by Crippen LogP contribution is -2.24. The third kappa shape index (κ3) is 3.98. The summed E-state index contributed by atoms with van der Waals surface area (Å²) in [6.45, 7) is 6.43. The van der Waals surface area contributed by atoms with Gasteiger partial charge < -0.3 is 9.47 Å². The van der Waals surface area contributed by atoms with Crippen LogP contribution in [-0.4, -0.2) is 19.7 Å². The second kappa shape index (κ2) is 7.82. The summed E-state index contributed by atoms with van der Waals surface area (Å²) in [7, 11) is 1.65. The molecular formula is C16H24O3. The van der Waals surface area contributed by atoms with Gasteiger partial charge in [-0.1, -0.05) is 26.0 Å². The Morgan fingerprint density at radius 3 is 2.16 bits per heavy atom. The van der Waals surface area contributed by atoms with Gasteiger partial charge >= 0.3 is 5.97 Å². The van der Waals surface area contributed by atoms with Gasteiger partial charge in [-0.05, 0) is 43.4 Å². The average molecular weight is 264 g/mol. The summed E-state index contributed by atoms with van der Waals surface area (Å²) >= 11 is 0. The lowest BCUT2D eigenvalue weighted by Gasteiger charge is -2.24. The van der Waals surface area contributed by atoms with Crippen molar-refractivity contribution in [2.75, 3.05) is 13.7 Å². The van der Waals surface area contributed by atoms with Crippen LogP contribution < -0.4 is 4.74 Å². The molecule has 0 aliphatic carbocycles. The highest BCUT2D eigenvalue weighted by Crippen LogP contribution is 2.32. The van der Waals surface area contributed by atoms with E-state index in [-0.39, 0.29) is 17.8 Å². The number of benzene rings is 1. The maximum atomic E-state index is 12.0. The van der Waals surface area contributed by atoms with Crippen molar-refractivity contribution in [2.45, 2.75) is 39.5 Å². The van der Waals surface area contributed by atoms with E-state index in [1.807, 2.05) is 38.1 Å². The molecule has 0 aromatic heterocycles. The first-order valence-electron chi connectivity index (χ1n) is 6.98. The Bertz CT molecular complexity index is 383. The number of carbonyl (C=O) groups excluding carboxylic acids is 1. The van der Waals surface area contributed by atoms with Crippen LogP contribution in [0, 0.1) is 5.92 Å². The van der Waals surface area contributed by atoms with E-state index in [0.717, 1.165) is 18.6 Å². The second-order valence-electron chi connectivity index (χ2n) is 4.55. The minimum Gasteiger partial charge on any atom is -0.497 e. The minimum absolute atomic E-state index is 0.0710. The zero-order valence-electron chi connectivity index (χ0n) is 12.3. The lowest BCUT2D eigenvalue weighted by atomic mass is 9.82. The molecule has 2 unspecified atom stereocenters. The largest absolute Gasteiger partial charge is 0.497 e. The monoisotopic (exact) mass is 264 g/mol. The molecule has 0 aliphatic heterocycles. The van der Waals surface area contributed by atoms with Crippen molar-refractivity contribution in [3.8, 4) is 5.75 Å². The Labute approximate surface area is 115 Å². The topological polar surface area (TPSA) is 35.5 Å². The van der Waals surface area contributed by atoms with Crippen LogP contribution in [0.4, 0.5) is 0 Å². The van der Waals surface area contributed by atoms with Gasteiger partial charge in [-0.15, -0.1) is 0 Å². The van der Waals surface area contributed by atoms with E-state index in [4.69, 9.17) is 9.47 Å². The van der Waals surface area contributed by atoms with Gasteiger partial charge in [0, 0.05) is 0 Å². The van der Waals surface area contributed by atoms with Crippen molar-refractivity contribution >= 4 is 5.97 Å². The number of esters is 1. The SMILES string of the molecule is CCOC(=O)C(CC)C(CC)c1ccc(OC)cc1. The molecule has 0 fully saturated rings. The summed E-state index contributed by atoms with van der Waals surface area (Å²) in [5, 5.41) is 0. The Hall–Kier alpha value is -1.51. The van der Waals surface area contributed by atoms with Crippen LogP contribution in [0.3, 0.4) is 0 Å². The number of rotatable bonds is 7. The molecule has 0 saturated carbocycles. The number of hydrogen-bond donors (Lipinski definition) is 0. The molecule has 106 valence electrons. The third-order valence-electron chi connectivity index (χ3n) is 3.50. The summed E-state index contributed by atoms with van der Waals surface area (Å²) in [6.07, 6.45) is 1.72. The summed E-state index contributed by atoms with van der Waals surface area (Å²) < 4.78 is 10.3. The van der Waals surface area contributed by atoms with Crippen molar-refractivity contribution in [1.29, 1.82) is 0 Å². The van der Waals surface area contributed by atoms with Gasteiger partial charge in [-0.3, -0.25) is 4.79 Å². The maximum absolute atomic E-state index is 12.0. The van der Waals surface area contributed by atoms with E-state index in [0.29, 0.717) is 6.61 Å². The normalized spacial score (nSPS) is 13.7. The quantitative estimate of drug-likeness (QED) is 0.703. The highest BCUT2D eigenvalue weighted by Gasteiger charge is 2.27. The smallest absolute Gasteiger partial charge is 0.309 e. The Morgan fingerprint density at radius 1 is 1.11 bits per heavy atom. The van der Waals surface area contributed by atoms with Crippen LogP contribution in [0.1, 0.15) is 45.1 Å². The Balaban J connectivity index is 2.92. The van der Waals surface area contributed by atoms with Crippen LogP contribution in [0.2, 0.25) is 0 Å². The predicted molar refractivity (Wildman–Crippen MR) is 76.4 cm³/mol. The number of carbonyl (C=O) groups is 1. The summed E-state index contributed by atoms with van der Waals surface area (Å²) in [5.41, 5.74) is 1.17. The zero-order valence-corrected chi connectivity index (χ0v) is 12.3.